The second-order valence-corrected chi connectivity index (χ2v) is 5.72. The van der Waals surface area contributed by atoms with E-state index in [1.54, 1.807) is 0 Å². The lowest BCUT2D eigenvalue weighted by atomic mass is 10.0. The van der Waals surface area contributed by atoms with Gasteiger partial charge in [0.15, 0.2) is 0 Å². The molecule has 1 unspecified atom stereocenters. The third-order valence-electron chi connectivity index (χ3n) is 3.75. The standard InChI is InChI=1S/C17H34O2/c1-2-3-4-8-11-14-17(19)15-12-9-6-5-7-10-13-16-18/h16-17,19H,2-15H2,1H3. The minimum atomic E-state index is -0.0725. The van der Waals surface area contributed by atoms with E-state index in [2.05, 4.69) is 6.92 Å². The molecule has 0 aliphatic rings. The van der Waals surface area contributed by atoms with Gasteiger partial charge >= 0.3 is 0 Å². The van der Waals surface area contributed by atoms with Crippen molar-refractivity contribution in [2.75, 3.05) is 0 Å². The van der Waals surface area contributed by atoms with Crippen LogP contribution in [0, 0.1) is 0 Å². The zero-order valence-electron chi connectivity index (χ0n) is 12.9. The quantitative estimate of drug-likeness (QED) is 0.335. The van der Waals surface area contributed by atoms with Crippen molar-refractivity contribution in [1.29, 1.82) is 0 Å². The third-order valence-corrected chi connectivity index (χ3v) is 3.75. The summed E-state index contributed by atoms with van der Waals surface area (Å²) in [5, 5.41) is 9.84. The van der Waals surface area contributed by atoms with Crippen molar-refractivity contribution in [3.8, 4) is 0 Å². The molecule has 0 spiro atoms. The number of aldehydes is 1. The van der Waals surface area contributed by atoms with Gasteiger partial charge in [0.2, 0.25) is 0 Å². The number of aliphatic hydroxyl groups is 1. The molecular formula is C17H34O2. The fourth-order valence-corrected chi connectivity index (χ4v) is 2.44. The van der Waals surface area contributed by atoms with E-state index in [0.717, 1.165) is 38.4 Å². The molecule has 0 aromatic heterocycles. The van der Waals surface area contributed by atoms with Crippen LogP contribution in [-0.4, -0.2) is 17.5 Å². The van der Waals surface area contributed by atoms with Crippen LogP contribution in [0.3, 0.4) is 0 Å². The van der Waals surface area contributed by atoms with Crippen LogP contribution in [0.25, 0.3) is 0 Å². The summed E-state index contributed by atoms with van der Waals surface area (Å²) in [7, 11) is 0. The van der Waals surface area contributed by atoms with Gasteiger partial charge < -0.3 is 9.90 Å². The van der Waals surface area contributed by atoms with E-state index < -0.39 is 0 Å². The maximum absolute atomic E-state index is 10.1. The van der Waals surface area contributed by atoms with Gasteiger partial charge in [-0.05, 0) is 19.3 Å². The summed E-state index contributed by atoms with van der Waals surface area (Å²) in [4.78, 5) is 10.1. The normalized spacial score (nSPS) is 12.5. The number of carbonyl (C=O) groups is 1. The van der Waals surface area contributed by atoms with Crippen LogP contribution < -0.4 is 0 Å². The van der Waals surface area contributed by atoms with E-state index in [1.807, 2.05) is 0 Å². The second kappa shape index (κ2) is 15.7. The van der Waals surface area contributed by atoms with E-state index in [4.69, 9.17) is 0 Å². The van der Waals surface area contributed by atoms with Crippen LogP contribution in [0.2, 0.25) is 0 Å². The van der Waals surface area contributed by atoms with Gasteiger partial charge in [0.25, 0.3) is 0 Å². The van der Waals surface area contributed by atoms with Crippen molar-refractivity contribution < 1.29 is 9.90 Å². The Morgan fingerprint density at radius 3 is 1.79 bits per heavy atom. The Hall–Kier alpha value is -0.370. The van der Waals surface area contributed by atoms with Crippen LogP contribution in [0.1, 0.15) is 96.8 Å². The number of aliphatic hydroxyl groups excluding tert-OH is 1. The largest absolute Gasteiger partial charge is 0.393 e. The topological polar surface area (TPSA) is 37.3 Å². The highest BCUT2D eigenvalue weighted by atomic mass is 16.3. The molecule has 0 aliphatic heterocycles. The van der Waals surface area contributed by atoms with Gasteiger partial charge in [0, 0.05) is 6.42 Å². The van der Waals surface area contributed by atoms with Gasteiger partial charge in [-0.15, -0.1) is 0 Å². The monoisotopic (exact) mass is 270 g/mol. The highest BCUT2D eigenvalue weighted by Crippen LogP contribution is 2.13. The minimum absolute atomic E-state index is 0.0725. The van der Waals surface area contributed by atoms with Gasteiger partial charge in [-0.3, -0.25) is 0 Å². The van der Waals surface area contributed by atoms with Crippen molar-refractivity contribution >= 4 is 6.29 Å². The number of unbranched alkanes of at least 4 members (excludes halogenated alkanes) is 10. The number of carbonyl (C=O) groups excluding carboxylic acids is 1. The molecule has 0 fully saturated rings. The van der Waals surface area contributed by atoms with Crippen LogP contribution >= 0.6 is 0 Å². The lowest BCUT2D eigenvalue weighted by molar-refractivity contribution is -0.107. The average Bonchev–Trinajstić information content (AvgIpc) is 2.41. The molecule has 114 valence electrons. The molecule has 0 aromatic rings. The number of hydrogen-bond donors (Lipinski definition) is 1. The van der Waals surface area contributed by atoms with Crippen molar-refractivity contribution in [3.05, 3.63) is 0 Å². The first-order valence-corrected chi connectivity index (χ1v) is 8.43. The fourth-order valence-electron chi connectivity index (χ4n) is 2.44. The SMILES string of the molecule is CCCCCCCC(O)CCCCCCCCC=O. The summed E-state index contributed by atoms with van der Waals surface area (Å²) >= 11 is 0. The number of rotatable bonds is 15. The zero-order valence-corrected chi connectivity index (χ0v) is 12.9. The van der Waals surface area contributed by atoms with Crippen LogP contribution in [0.5, 0.6) is 0 Å². The number of hydrogen-bond acceptors (Lipinski definition) is 2. The van der Waals surface area contributed by atoms with Crippen molar-refractivity contribution in [1.82, 2.24) is 0 Å². The Kier molecular flexibility index (Phi) is 15.4. The van der Waals surface area contributed by atoms with E-state index in [9.17, 15) is 9.90 Å². The van der Waals surface area contributed by atoms with Crippen molar-refractivity contribution in [2.24, 2.45) is 0 Å². The van der Waals surface area contributed by atoms with Crippen LogP contribution in [-0.2, 0) is 4.79 Å². The molecule has 1 N–H and O–H groups in total. The first-order valence-electron chi connectivity index (χ1n) is 8.43. The molecule has 19 heavy (non-hydrogen) atoms. The first kappa shape index (κ1) is 18.6. The molecule has 0 bridgehead atoms. The molecule has 1 atom stereocenters. The van der Waals surface area contributed by atoms with Crippen LogP contribution in [0.15, 0.2) is 0 Å². The summed E-state index contributed by atoms with van der Waals surface area (Å²) in [6.45, 7) is 2.23. The fraction of sp³-hybridized carbons (Fsp3) is 0.941. The predicted molar refractivity (Wildman–Crippen MR) is 82.4 cm³/mol. The molecule has 0 radical (unpaired) electrons. The second-order valence-electron chi connectivity index (χ2n) is 5.72. The van der Waals surface area contributed by atoms with Gasteiger partial charge in [-0.25, -0.2) is 0 Å². The predicted octanol–water partition coefficient (Wildman–Crippen LogP) is 5.03. The Morgan fingerprint density at radius 2 is 1.26 bits per heavy atom. The maximum atomic E-state index is 10.1. The van der Waals surface area contributed by atoms with E-state index >= 15 is 0 Å². The van der Waals surface area contributed by atoms with Gasteiger partial charge in [0.1, 0.15) is 6.29 Å². The third kappa shape index (κ3) is 15.6. The van der Waals surface area contributed by atoms with Crippen LogP contribution in [0.4, 0.5) is 0 Å². The lowest BCUT2D eigenvalue weighted by Gasteiger charge is -2.10. The van der Waals surface area contributed by atoms with E-state index in [1.165, 1.54) is 57.8 Å². The minimum Gasteiger partial charge on any atom is -0.393 e. The molecular weight excluding hydrogens is 236 g/mol. The Bertz CT molecular complexity index is 180. The first-order chi connectivity index (χ1) is 9.31. The van der Waals surface area contributed by atoms with Gasteiger partial charge in [-0.1, -0.05) is 71.1 Å². The summed E-state index contributed by atoms with van der Waals surface area (Å²) in [5.74, 6) is 0. The van der Waals surface area contributed by atoms with Crippen molar-refractivity contribution in [3.63, 3.8) is 0 Å². The van der Waals surface area contributed by atoms with Gasteiger partial charge in [0.05, 0.1) is 6.10 Å². The van der Waals surface area contributed by atoms with Crippen molar-refractivity contribution in [2.45, 2.75) is 103 Å². The zero-order chi connectivity index (χ0) is 14.2. The molecule has 0 saturated carbocycles. The van der Waals surface area contributed by atoms with Gasteiger partial charge in [-0.2, -0.15) is 0 Å². The molecule has 2 heteroatoms. The molecule has 0 aromatic carbocycles. The lowest BCUT2D eigenvalue weighted by Crippen LogP contribution is -2.05. The maximum Gasteiger partial charge on any atom is 0.119 e. The Morgan fingerprint density at radius 1 is 0.789 bits per heavy atom. The van der Waals surface area contributed by atoms with E-state index in [0.29, 0.717) is 0 Å². The summed E-state index contributed by atoms with van der Waals surface area (Å²) in [6.07, 6.45) is 17.1. The summed E-state index contributed by atoms with van der Waals surface area (Å²) in [5.41, 5.74) is 0. The average molecular weight is 270 g/mol. The Balaban J connectivity index is 3.11. The molecule has 2 nitrogen and oxygen atoms in total. The molecule has 0 amide bonds. The van der Waals surface area contributed by atoms with E-state index in [-0.39, 0.29) is 6.10 Å². The molecule has 0 aliphatic carbocycles. The smallest absolute Gasteiger partial charge is 0.119 e. The summed E-state index contributed by atoms with van der Waals surface area (Å²) in [6, 6.07) is 0. The molecule has 0 rings (SSSR count). The Labute approximate surface area is 120 Å². The highest BCUT2D eigenvalue weighted by molar-refractivity contribution is 5.48. The highest BCUT2D eigenvalue weighted by Gasteiger charge is 2.03. The molecule has 0 heterocycles. The molecule has 0 saturated heterocycles. The summed E-state index contributed by atoms with van der Waals surface area (Å²) < 4.78 is 0.